The van der Waals surface area contributed by atoms with Gasteiger partial charge in [0.1, 0.15) is 0 Å². The normalized spacial score (nSPS) is 16.9. The van der Waals surface area contributed by atoms with Gasteiger partial charge >= 0.3 is 0 Å². The van der Waals surface area contributed by atoms with E-state index in [1.54, 1.807) is 0 Å². The highest BCUT2D eigenvalue weighted by Gasteiger charge is 2.34. The molecule has 0 radical (unpaired) electrons. The summed E-state index contributed by atoms with van der Waals surface area (Å²) in [6.45, 7) is 6.43. The number of amides is 2. The van der Waals surface area contributed by atoms with Crippen molar-refractivity contribution in [1.29, 1.82) is 0 Å². The summed E-state index contributed by atoms with van der Waals surface area (Å²) in [6.07, 6.45) is 3.77. The first-order valence-corrected chi connectivity index (χ1v) is 8.25. The van der Waals surface area contributed by atoms with E-state index < -0.39 is 8.07 Å². The zero-order valence-electron chi connectivity index (χ0n) is 9.02. The van der Waals surface area contributed by atoms with E-state index in [2.05, 4.69) is 25.3 Å². The Morgan fingerprint density at radius 2 is 2.00 bits per heavy atom. The molecule has 1 aliphatic heterocycles. The Labute approximate surface area is 85.6 Å². The van der Waals surface area contributed by atoms with Crippen molar-refractivity contribution >= 4 is 19.9 Å². The molecule has 14 heavy (non-hydrogen) atoms. The lowest BCUT2D eigenvalue weighted by Crippen LogP contribution is -2.35. The molecule has 3 nitrogen and oxygen atoms in total. The molecule has 4 heteroatoms. The fourth-order valence-electron chi connectivity index (χ4n) is 1.67. The van der Waals surface area contributed by atoms with Crippen molar-refractivity contribution in [2.45, 2.75) is 38.9 Å². The van der Waals surface area contributed by atoms with Crippen LogP contribution in [0.15, 0.2) is 11.3 Å². The SMILES string of the molecule is CCCC[Si](C)(C)C1=CC(=O)NC1=O. The molecule has 0 atom stereocenters. The van der Waals surface area contributed by atoms with Crippen molar-refractivity contribution in [3.05, 3.63) is 11.3 Å². The molecule has 0 aromatic heterocycles. The van der Waals surface area contributed by atoms with Gasteiger partial charge in [0.2, 0.25) is 5.91 Å². The van der Waals surface area contributed by atoms with Crippen LogP contribution in [0.2, 0.25) is 19.1 Å². The summed E-state index contributed by atoms with van der Waals surface area (Å²) in [6, 6.07) is 1.08. The minimum atomic E-state index is -1.67. The predicted octanol–water partition coefficient (Wildman–Crippen LogP) is 1.62. The number of unbranched alkanes of at least 4 members (excludes halogenated alkanes) is 1. The van der Waals surface area contributed by atoms with E-state index in [0.29, 0.717) is 0 Å². The fourth-order valence-corrected chi connectivity index (χ4v) is 4.37. The van der Waals surface area contributed by atoms with Crippen LogP contribution in [0, 0.1) is 0 Å². The van der Waals surface area contributed by atoms with E-state index in [1.165, 1.54) is 6.08 Å². The second-order valence-corrected chi connectivity index (χ2v) is 9.17. The molecule has 0 saturated heterocycles. The molecule has 0 aromatic rings. The van der Waals surface area contributed by atoms with Crippen molar-refractivity contribution in [3.8, 4) is 0 Å². The van der Waals surface area contributed by atoms with Gasteiger partial charge in [-0.3, -0.25) is 14.9 Å². The van der Waals surface area contributed by atoms with Crippen molar-refractivity contribution in [2.24, 2.45) is 0 Å². The number of hydrogen-bond acceptors (Lipinski definition) is 2. The van der Waals surface area contributed by atoms with Gasteiger partial charge in [-0.25, -0.2) is 0 Å². The Balaban J connectivity index is 2.76. The quantitative estimate of drug-likeness (QED) is 0.567. The van der Waals surface area contributed by atoms with E-state index in [1.807, 2.05) is 0 Å². The highest BCUT2D eigenvalue weighted by molar-refractivity contribution is 6.89. The number of imide groups is 1. The van der Waals surface area contributed by atoms with E-state index in [4.69, 9.17) is 0 Å². The van der Waals surface area contributed by atoms with Crippen LogP contribution in [-0.4, -0.2) is 19.9 Å². The maximum Gasteiger partial charge on any atom is 0.250 e. The van der Waals surface area contributed by atoms with Crippen LogP contribution in [0.1, 0.15) is 19.8 Å². The van der Waals surface area contributed by atoms with E-state index in [0.717, 1.165) is 24.1 Å². The van der Waals surface area contributed by atoms with Gasteiger partial charge in [0, 0.05) is 11.3 Å². The number of hydrogen-bond donors (Lipinski definition) is 1. The molecule has 78 valence electrons. The summed E-state index contributed by atoms with van der Waals surface area (Å²) in [5.41, 5.74) is 0. The van der Waals surface area contributed by atoms with E-state index >= 15 is 0 Å². The van der Waals surface area contributed by atoms with Crippen LogP contribution >= 0.6 is 0 Å². The molecule has 0 aromatic carbocycles. The molecule has 0 saturated carbocycles. The molecular formula is C10H17NO2Si. The molecule has 1 N–H and O–H groups in total. The summed E-state index contributed by atoms with van der Waals surface area (Å²) in [7, 11) is -1.67. The first-order chi connectivity index (χ1) is 6.47. The fraction of sp³-hybridized carbons (Fsp3) is 0.600. The molecule has 0 aliphatic carbocycles. The van der Waals surface area contributed by atoms with Crippen molar-refractivity contribution in [1.82, 2.24) is 5.32 Å². The van der Waals surface area contributed by atoms with Gasteiger partial charge in [0.25, 0.3) is 5.91 Å². The molecule has 0 unspecified atom stereocenters. The summed E-state index contributed by atoms with van der Waals surface area (Å²) in [4.78, 5) is 22.4. The van der Waals surface area contributed by atoms with Gasteiger partial charge in [-0.2, -0.15) is 0 Å². The highest BCUT2D eigenvalue weighted by Crippen LogP contribution is 2.24. The highest BCUT2D eigenvalue weighted by atomic mass is 28.3. The molecule has 2 amide bonds. The summed E-state index contributed by atoms with van der Waals surface area (Å²) < 4.78 is 0. The third-order valence-corrected chi connectivity index (χ3v) is 6.07. The molecule has 1 rings (SSSR count). The van der Waals surface area contributed by atoms with Crippen molar-refractivity contribution in [2.75, 3.05) is 0 Å². The summed E-state index contributed by atoms with van der Waals surface area (Å²) in [5, 5.41) is 3.07. The Morgan fingerprint density at radius 3 is 2.43 bits per heavy atom. The van der Waals surface area contributed by atoms with Gasteiger partial charge in [-0.15, -0.1) is 0 Å². The zero-order valence-corrected chi connectivity index (χ0v) is 10.0. The number of carbonyl (C=O) groups excluding carboxylic acids is 2. The molecule has 1 heterocycles. The molecule has 0 fully saturated rings. The lowest BCUT2D eigenvalue weighted by atomic mass is 10.4. The topological polar surface area (TPSA) is 46.2 Å². The monoisotopic (exact) mass is 211 g/mol. The smallest absolute Gasteiger partial charge is 0.250 e. The Morgan fingerprint density at radius 1 is 1.36 bits per heavy atom. The third kappa shape index (κ3) is 2.32. The first-order valence-electron chi connectivity index (χ1n) is 5.05. The van der Waals surface area contributed by atoms with Crippen LogP contribution in [0.4, 0.5) is 0 Å². The molecule has 0 spiro atoms. The lowest BCUT2D eigenvalue weighted by Gasteiger charge is -2.21. The largest absolute Gasteiger partial charge is 0.289 e. The average Bonchev–Trinajstić information content (AvgIpc) is 2.42. The van der Waals surface area contributed by atoms with Crippen molar-refractivity contribution in [3.63, 3.8) is 0 Å². The summed E-state index contributed by atoms with van der Waals surface area (Å²) >= 11 is 0. The van der Waals surface area contributed by atoms with Crippen LogP contribution in [0.5, 0.6) is 0 Å². The predicted molar refractivity (Wildman–Crippen MR) is 58.4 cm³/mol. The average molecular weight is 211 g/mol. The van der Waals surface area contributed by atoms with Crippen molar-refractivity contribution < 1.29 is 9.59 Å². The van der Waals surface area contributed by atoms with Crippen LogP contribution < -0.4 is 5.32 Å². The number of carbonyl (C=O) groups is 2. The minimum absolute atomic E-state index is 0.164. The molecular weight excluding hydrogens is 194 g/mol. The van der Waals surface area contributed by atoms with Crippen LogP contribution in [-0.2, 0) is 9.59 Å². The molecule has 1 aliphatic rings. The van der Waals surface area contributed by atoms with E-state index in [9.17, 15) is 9.59 Å². The zero-order chi connectivity index (χ0) is 10.8. The Bertz CT molecular complexity index is 294. The standard InChI is InChI=1S/C10H17NO2Si/c1-4-5-6-14(2,3)8-7-9(12)11-10(8)13/h7H,4-6H2,1-3H3,(H,11,12,13). The first kappa shape index (κ1) is 11.2. The van der Waals surface area contributed by atoms with Crippen LogP contribution in [0.3, 0.4) is 0 Å². The Hall–Kier alpha value is -0.903. The number of nitrogens with one attached hydrogen (secondary N) is 1. The van der Waals surface area contributed by atoms with Gasteiger partial charge in [0.05, 0.1) is 8.07 Å². The van der Waals surface area contributed by atoms with Gasteiger partial charge < -0.3 is 0 Å². The molecule has 0 bridgehead atoms. The maximum atomic E-state index is 11.4. The number of rotatable bonds is 4. The summed E-state index contributed by atoms with van der Waals surface area (Å²) in [5.74, 6) is -0.412. The second-order valence-electron chi connectivity index (χ2n) is 4.36. The van der Waals surface area contributed by atoms with Gasteiger partial charge in [0.15, 0.2) is 0 Å². The van der Waals surface area contributed by atoms with E-state index in [-0.39, 0.29) is 11.8 Å². The Kier molecular flexibility index (Phi) is 3.26. The van der Waals surface area contributed by atoms with Gasteiger partial charge in [-0.05, 0) is 0 Å². The van der Waals surface area contributed by atoms with Gasteiger partial charge in [-0.1, -0.05) is 38.9 Å². The minimum Gasteiger partial charge on any atom is -0.289 e. The lowest BCUT2D eigenvalue weighted by molar-refractivity contribution is -0.123. The van der Waals surface area contributed by atoms with Crippen LogP contribution in [0.25, 0.3) is 0 Å². The third-order valence-electron chi connectivity index (χ3n) is 2.64. The maximum absolute atomic E-state index is 11.4. The second kappa shape index (κ2) is 4.08.